The molecule has 0 aliphatic rings. The zero-order valence-electron chi connectivity index (χ0n) is 14.1. The molecule has 7 heteroatoms. The van der Waals surface area contributed by atoms with Crippen molar-refractivity contribution in [1.82, 2.24) is 10.0 Å². The van der Waals surface area contributed by atoms with Crippen LogP contribution in [0, 0.1) is 11.8 Å². The van der Waals surface area contributed by atoms with Crippen molar-refractivity contribution in [2.45, 2.75) is 32.6 Å². The van der Waals surface area contributed by atoms with Crippen LogP contribution in [0.3, 0.4) is 0 Å². The van der Waals surface area contributed by atoms with Crippen LogP contribution >= 0.6 is 0 Å². The Morgan fingerprint density at radius 2 is 1.61 bits per heavy atom. The lowest BCUT2D eigenvalue weighted by molar-refractivity contribution is -0.123. The quantitative estimate of drug-likeness (QED) is 0.716. The van der Waals surface area contributed by atoms with Crippen LogP contribution in [0.1, 0.15) is 27.7 Å². The molecule has 0 bridgehead atoms. The van der Waals surface area contributed by atoms with Crippen LogP contribution < -0.4 is 14.8 Å². The second-order valence-electron chi connectivity index (χ2n) is 6.20. The van der Waals surface area contributed by atoms with Crippen molar-refractivity contribution in [1.29, 1.82) is 0 Å². The van der Waals surface area contributed by atoms with E-state index in [1.165, 1.54) is 12.1 Å². The van der Waals surface area contributed by atoms with E-state index in [9.17, 15) is 13.2 Å². The minimum absolute atomic E-state index is 0.0928. The van der Waals surface area contributed by atoms with E-state index in [0.717, 1.165) is 0 Å². The first-order valence-corrected chi connectivity index (χ1v) is 9.18. The highest BCUT2D eigenvalue weighted by molar-refractivity contribution is 7.89. The molecule has 0 radical (unpaired) electrons. The standard InChI is InChI=1S/C16H26N2O4S/c1-12(2)9-17-16(19)11-22-14-5-7-15(8-6-14)23(20,21)18-10-13(3)4/h5-8,12-13,18H,9-11H2,1-4H3,(H,17,19). The van der Waals surface area contributed by atoms with Gasteiger partial charge in [0.25, 0.3) is 5.91 Å². The molecule has 0 aromatic heterocycles. The van der Waals surface area contributed by atoms with Crippen molar-refractivity contribution in [2.24, 2.45) is 11.8 Å². The molecule has 1 rings (SSSR count). The van der Waals surface area contributed by atoms with Gasteiger partial charge in [-0.15, -0.1) is 0 Å². The molecule has 0 aliphatic carbocycles. The molecule has 0 unspecified atom stereocenters. The van der Waals surface area contributed by atoms with E-state index in [-0.39, 0.29) is 23.3 Å². The van der Waals surface area contributed by atoms with Crippen LogP contribution in [0.15, 0.2) is 29.2 Å². The highest BCUT2D eigenvalue weighted by Gasteiger charge is 2.14. The van der Waals surface area contributed by atoms with Gasteiger partial charge < -0.3 is 10.1 Å². The number of hydrogen-bond donors (Lipinski definition) is 2. The summed E-state index contributed by atoms with van der Waals surface area (Å²) < 4.78 is 32.0. The first kappa shape index (κ1) is 19.4. The molecule has 0 heterocycles. The molecule has 0 atom stereocenters. The number of ether oxygens (including phenoxy) is 1. The van der Waals surface area contributed by atoms with Crippen molar-refractivity contribution in [3.63, 3.8) is 0 Å². The number of benzene rings is 1. The molecule has 6 nitrogen and oxygen atoms in total. The van der Waals surface area contributed by atoms with E-state index in [0.29, 0.717) is 24.8 Å². The summed E-state index contributed by atoms with van der Waals surface area (Å²) in [4.78, 5) is 11.7. The van der Waals surface area contributed by atoms with Gasteiger partial charge in [0.15, 0.2) is 6.61 Å². The Kier molecular flexibility index (Phi) is 7.51. The van der Waals surface area contributed by atoms with Crippen LogP contribution in [-0.4, -0.2) is 34.0 Å². The van der Waals surface area contributed by atoms with Crippen LogP contribution in [0.5, 0.6) is 5.75 Å². The molecular weight excluding hydrogens is 316 g/mol. The van der Waals surface area contributed by atoms with Crippen molar-refractivity contribution in [2.75, 3.05) is 19.7 Å². The Morgan fingerprint density at radius 3 is 2.13 bits per heavy atom. The lowest BCUT2D eigenvalue weighted by Crippen LogP contribution is -2.31. The minimum Gasteiger partial charge on any atom is -0.484 e. The molecule has 0 aliphatic heterocycles. The summed E-state index contributed by atoms with van der Waals surface area (Å²) in [5, 5.41) is 2.75. The van der Waals surface area contributed by atoms with Crippen molar-refractivity contribution in [3.05, 3.63) is 24.3 Å². The fraction of sp³-hybridized carbons (Fsp3) is 0.562. The minimum atomic E-state index is -3.51. The second kappa shape index (κ2) is 8.88. The maximum Gasteiger partial charge on any atom is 0.257 e. The molecule has 0 fully saturated rings. The molecule has 0 spiro atoms. The third kappa shape index (κ3) is 7.47. The lowest BCUT2D eigenvalue weighted by atomic mass is 10.2. The summed E-state index contributed by atoms with van der Waals surface area (Å²) in [6, 6.07) is 6.01. The molecule has 1 amide bonds. The summed E-state index contributed by atoms with van der Waals surface area (Å²) in [5.41, 5.74) is 0. The van der Waals surface area contributed by atoms with Crippen molar-refractivity contribution in [3.8, 4) is 5.75 Å². The highest BCUT2D eigenvalue weighted by atomic mass is 32.2. The number of amides is 1. The molecule has 1 aromatic rings. The smallest absolute Gasteiger partial charge is 0.257 e. The first-order valence-electron chi connectivity index (χ1n) is 7.70. The number of hydrogen-bond acceptors (Lipinski definition) is 4. The predicted octanol–water partition coefficient (Wildman–Crippen LogP) is 1.77. The van der Waals surface area contributed by atoms with Crippen molar-refractivity contribution < 1.29 is 17.9 Å². The number of sulfonamides is 1. The summed E-state index contributed by atoms with van der Waals surface area (Å²) in [7, 11) is -3.51. The molecule has 1 aromatic carbocycles. The summed E-state index contributed by atoms with van der Waals surface area (Å²) in [5.74, 6) is 0.861. The summed E-state index contributed by atoms with van der Waals surface area (Å²) in [6.45, 7) is 8.77. The van der Waals surface area contributed by atoms with Gasteiger partial charge in [0, 0.05) is 13.1 Å². The predicted molar refractivity (Wildman–Crippen MR) is 89.8 cm³/mol. The van der Waals surface area contributed by atoms with Gasteiger partial charge in [-0.1, -0.05) is 27.7 Å². The summed E-state index contributed by atoms with van der Waals surface area (Å²) >= 11 is 0. The van der Waals surface area contributed by atoms with E-state index >= 15 is 0 Å². The van der Waals surface area contributed by atoms with Gasteiger partial charge in [-0.25, -0.2) is 13.1 Å². The molecule has 0 saturated carbocycles. The van der Waals surface area contributed by atoms with E-state index < -0.39 is 10.0 Å². The Labute approximate surface area is 138 Å². The molecular formula is C16H26N2O4S. The third-order valence-electron chi connectivity index (χ3n) is 2.89. The number of carbonyl (C=O) groups excluding carboxylic acids is 1. The third-order valence-corrected chi connectivity index (χ3v) is 4.33. The van der Waals surface area contributed by atoms with Crippen LogP contribution in [-0.2, 0) is 14.8 Å². The largest absolute Gasteiger partial charge is 0.484 e. The Balaban J connectivity index is 2.55. The zero-order valence-corrected chi connectivity index (χ0v) is 14.9. The first-order chi connectivity index (χ1) is 10.7. The second-order valence-corrected chi connectivity index (χ2v) is 7.97. The Morgan fingerprint density at radius 1 is 1.04 bits per heavy atom. The van der Waals surface area contributed by atoms with Gasteiger partial charge in [0.1, 0.15) is 5.75 Å². The maximum atomic E-state index is 12.0. The van der Waals surface area contributed by atoms with Gasteiger partial charge in [-0.3, -0.25) is 4.79 Å². The molecule has 130 valence electrons. The van der Waals surface area contributed by atoms with E-state index in [4.69, 9.17) is 4.74 Å². The monoisotopic (exact) mass is 342 g/mol. The SMILES string of the molecule is CC(C)CNC(=O)COc1ccc(S(=O)(=O)NCC(C)C)cc1. The molecule has 2 N–H and O–H groups in total. The highest BCUT2D eigenvalue weighted by Crippen LogP contribution is 2.16. The van der Waals surface area contributed by atoms with Crippen LogP contribution in [0.2, 0.25) is 0 Å². The number of rotatable bonds is 9. The Hall–Kier alpha value is -1.60. The van der Waals surface area contributed by atoms with Gasteiger partial charge >= 0.3 is 0 Å². The van der Waals surface area contributed by atoms with E-state index in [1.54, 1.807) is 12.1 Å². The van der Waals surface area contributed by atoms with Crippen molar-refractivity contribution >= 4 is 15.9 Å². The molecule has 0 saturated heterocycles. The number of nitrogens with one attached hydrogen (secondary N) is 2. The van der Waals surface area contributed by atoms with Gasteiger partial charge in [0.2, 0.25) is 10.0 Å². The topological polar surface area (TPSA) is 84.5 Å². The average molecular weight is 342 g/mol. The van der Waals surface area contributed by atoms with E-state index in [2.05, 4.69) is 10.0 Å². The zero-order chi connectivity index (χ0) is 17.5. The van der Waals surface area contributed by atoms with Crippen LogP contribution in [0.25, 0.3) is 0 Å². The average Bonchev–Trinajstić information content (AvgIpc) is 2.49. The maximum absolute atomic E-state index is 12.0. The lowest BCUT2D eigenvalue weighted by Gasteiger charge is -2.11. The van der Waals surface area contributed by atoms with Gasteiger partial charge in [-0.2, -0.15) is 0 Å². The normalized spacial score (nSPS) is 11.7. The van der Waals surface area contributed by atoms with Gasteiger partial charge in [0.05, 0.1) is 4.90 Å². The van der Waals surface area contributed by atoms with Crippen LogP contribution in [0.4, 0.5) is 0 Å². The fourth-order valence-corrected chi connectivity index (χ4v) is 2.81. The number of carbonyl (C=O) groups is 1. The van der Waals surface area contributed by atoms with Gasteiger partial charge in [-0.05, 0) is 36.1 Å². The summed E-state index contributed by atoms with van der Waals surface area (Å²) in [6.07, 6.45) is 0. The fourth-order valence-electron chi connectivity index (χ4n) is 1.59. The Bertz CT molecular complexity index is 595. The molecule has 23 heavy (non-hydrogen) atoms. The van der Waals surface area contributed by atoms with E-state index in [1.807, 2.05) is 27.7 Å².